The van der Waals surface area contributed by atoms with Crippen molar-refractivity contribution < 1.29 is 9.90 Å². The van der Waals surface area contributed by atoms with Crippen LogP contribution in [0.15, 0.2) is 6.07 Å². The fourth-order valence-electron chi connectivity index (χ4n) is 1.47. The molecule has 1 rings (SSSR count). The topological polar surface area (TPSA) is 55.1 Å². The number of aryl methyl sites for hydroxylation is 2. The molecule has 4 nitrogen and oxygen atoms in total. The minimum atomic E-state index is -0.773. The maximum absolute atomic E-state index is 10.7. The normalized spacial score (nSPS) is 12.7. The zero-order valence-electron chi connectivity index (χ0n) is 9.53. The minimum Gasteiger partial charge on any atom is -0.481 e. The highest BCUT2D eigenvalue weighted by Gasteiger charge is 2.14. The minimum absolute atomic E-state index is 0.389. The molecule has 1 unspecified atom stereocenters. The molecule has 1 atom stereocenters. The van der Waals surface area contributed by atoms with Crippen LogP contribution < -0.4 is 0 Å². The molecule has 0 fully saturated rings. The smallest absolute Gasteiger partial charge is 0.308 e. The van der Waals surface area contributed by atoms with Gasteiger partial charge in [-0.15, -0.1) is 0 Å². The van der Waals surface area contributed by atoms with Gasteiger partial charge < -0.3 is 5.11 Å². The van der Waals surface area contributed by atoms with E-state index in [2.05, 4.69) is 18.1 Å². The largest absolute Gasteiger partial charge is 0.481 e. The van der Waals surface area contributed by atoms with Crippen LogP contribution in [0.25, 0.3) is 0 Å². The summed E-state index contributed by atoms with van der Waals surface area (Å²) in [6.45, 7) is 6.26. The molecular formula is C11H18N2O2. The Morgan fingerprint density at radius 1 is 1.53 bits per heavy atom. The molecular weight excluding hydrogens is 192 g/mol. The van der Waals surface area contributed by atoms with Crippen molar-refractivity contribution in [3.63, 3.8) is 0 Å². The zero-order chi connectivity index (χ0) is 11.4. The summed E-state index contributed by atoms with van der Waals surface area (Å²) in [5.41, 5.74) is 2.14. The highest BCUT2D eigenvalue weighted by Crippen LogP contribution is 2.09. The second-order valence-electron chi connectivity index (χ2n) is 3.76. The lowest BCUT2D eigenvalue weighted by Crippen LogP contribution is -2.19. The SMILES string of the molecule is CCc1cc(CC)n(CC(C)C(=O)O)n1. The van der Waals surface area contributed by atoms with E-state index in [1.807, 2.05) is 11.6 Å². The van der Waals surface area contributed by atoms with Gasteiger partial charge in [0, 0.05) is 5.69 Å². The van der Waals surface area contributed by atoms with E-state index < -0.39 is 5.97 Å². The number of carboxylic acids is 1. The number of rotatable bonds is 5. The molecule has 0 saturated carbocycles. The zero-order valence-corrected chi connectivity index (χ0v) is 9.53. The predicted octanol–water partition coefficient (Wildman–Crippen LogP) is 1.73. The van der Waals surface area contributed by atoms with Gasteiger partial charge in [-0.3, -0.25) is 9.48 Å². The summed E-state index contributed by atoms with van der Waals surface area (Å²) in [5.74, 6) is -1.16. The van der Waals surface area contributed by atoms with Crippen molar-refractivity contribution in [2.24, 2.45) is 5.92 Å². The first kappa shape index (κ1) is 11.8. The van der Waals surface area contributed by atoms with Crippen molar-refractivity contribution in [1.29, 1.82) is 0 Å². The molecule has 84 valence electrons. The van der Waals surface area contributed by atoms with E-state index in [9.17, 15) is 4.79 Å². The molecule has 1 N–H and O–H groups in total. The van der Waals surface area contributed by atoms with Gasteiger partial charge in [0.25, 0.3) is 0 Å². The third-order valence-corrected chi connectivity index (χ3v) is 2.51. The van der Waals surface area contributed by atoms with Gasteiger partial charge in [0.2, 0.25) is 0 Å². The van der Waals surface area contributed by atoms with Gasteiger partial charge in [0.15, 0.2) is 0 Å². The summed E-state index contributed by atoms with van der Waals surface area (Å²) < 4.78 is 1.82. The molecule has 0 aromatic carbocycles. The van der Waals surface area contributed by atoms with Gasteiger partial charge >= 0.3 is 5.97 Å². The predicted molar refractivity (Wildman–Crippen MR) is 57.8 cm³/mol. The summed E-state index contributed by atoms with van der Waals surface area (Å²) in [5, 5.41) is 13.2. The van der Waals surface area contributed by atoms with Crippen molar-refractivity contribution in [1.82, 2.24) is 9.78 Å². The summed E-state index contributed by atoms with van der Waals surface area (Å²) >= 11 is 0. The molecule has 0 aliphatic carbocycles. The van der Waals surface area contributed by atoms with Crippen LogP contribution in [0.1, 0.15) is 32.2 Å². The number of nitrogens with zero attached hydrogens (tertiary/aromatic N) is 2. The van der Waals surface area contributed by atoms with E-state index in [1.54, 1.807) is 6.92 Å². The maximum atomic E-state index is 10.7. The van der Waals surface area contributed by atoms with Gasteiger partial charge in [-0.25, -0.2) is 0 Å². The van der Waals surface area contributed by atoms with Crippen molar-refractivity contribution in [3.05, 3.63) is 17.5 Å². The lowest BCUT2D eigenvalue weighted by Gasteiger charge is -2.08. The first-order valence-electron chi connectivity index (χ1n) is 5.36. The number of hydrogen-bond acceptors (Lipinski definition) is 2. The van der Waals surface area contributed by atoms with Gasteiger partial charge in [-0.2, -0.15) is 5.10 Å². The van der Waals surface area contributed by atoms with Gasteiger partial charge in [0.05, 0.1) is 18.2 Å². The van der Waals surface area contributed by atoms with Gasteiger partial charge in [-0.1, -0.05) is 20.8 Å². The number of carbonyl (C=O) groups is 1. The Balaban J connectivity index is 2.83. The molecule has 1 heterocycles. The summed E-state index contributed by atoms with van der Waals surface area (Å²) in [7, 11) is 0. The molecule has 0 aliphatic heterocycles. The molecule has 0 aliphatic rings. The molecule has 0 amide bonds. The van der Waals surface area contributed by atoms with Crippen LogP contribution >= 0.6 is 0 Å². The van der Waals surface area contributed by atoms with E-state index in [4.69, 9.17) is 5.11 Å². The maximum Gasteiger partial charge on any atom is 0.308 e. The Hall–Kier alpha value is -1.32. The van der Waals surface area contributed by atoms with Crippen LogP contribution in [0.4, 0.5) is 0 Å². The molecule has 1 aromatic heterocycles. The molecule has 15 heavy (non-hydrogen) atoms. The monoisotopic (exact) mass is 210 g/mol. The van der Waals surface area contributed by atoms with Crippen LogP contribution in [-0.4, -0.2) is 20.9 Å². The number of aliphatic carboxylic acids is 1. The second-order valence-corrected chi connectivity index (χ2v) is 3.76. The van der Waals surface area contributed by atoms with Crippen LogP contribution in [0, 0.1) is 5.92 Å². The quantitative estimate of drug-likeness (QED) is 0.805. The van der Waals surface area contributed by atoms with Crippen molar-refractivity contribution in [2.75, 3.05) is 0 Å². The fourth-order valence-corrected chi connectivity index (χ4v) is 1.47. The van der Waals surface area contributed by atoms with Crippen LogP contribution in [0.3, 0.4) is 0 Å². The van der Waals surface area contributed by atoms with Crippen LogP contribution in [0.5, 0.6) is 0 Å². The van der Waals surface area contributed by atoms with E-state index >= 15 is 0 Å². The number of hydrogen-bond donors (Lipinski definition) is 1. The lowest BCUT2D eigenvalue weighted by atomic mass is 10.2. The molecule has 0 saturated heterocycles. The average molecular weight is 210 g/mol. The van der Waals surface area contributed by atoms with E-state index in [0.717, 1.165) is 24.2 Å². The van der Waals surface area contributed by atoms with Crippen molar-refractivity contribution >= 4 is 5.97 Å². The fraction of sp³-hybridized carbons (Fsp3) is 0.636. The number of carboxylic acid groups (broad SMARTS) is 1. The first-order valence-corrected chi connectivity index (χ1v) is 5.36. The molecule has 1 aromatic rings. The Morgan fingerprint density at radius 3 is 2.67 bits per heavy atom. The highest BCUT2D eigenvalue weighted by molar-refractivity contribution is 5.69. The van der Waals surface area contributed by atoms with Crippen molar-refractivity contribution in [3.8, 4) is 0 Å². The third-order valence-electron chi connectivity index (χ3n) is 2.51. The van der Waals surface area contributed by atoms with E-state index in [0.29, 0.717) is 6.54 Å². The van der Waals surface area contributed by atoms with E-state index in [1.165, 1.54) is 0 Å². The van der Waals surface area contributed by atoms with Crippen LogP contribution in [0.2, 0.25) is 0 Å². The Labute approximate surface area is 89.9 Å². The summed E-state index contributed by atoms with van der Waals surface area (Å²) in [4.78, 5) is 10.7. The van der Waals surface area contributed by atoms with E-state index in [-0.39, 0.29) is 5.92 Å². The Bertz CT molecular complexity index is 344. The Kier molecular flexibility index (Phi) is 3.88. The number of aromatic nitrogens is 2. The summed E-state index contributed by atoms with van der Waals surface area (Å²) in [6, 6.07) is 2.05. The lowest BCUT2D eigenvalue weighted by molar-refractivity contribution is -0.141. The second kappa shape index (κ2) is 4.96. The van der Waals surface area contributed by atoms with Crippen molar-refractivity contribution in [2.45, 2.75) is 40.2 Å². The molecule has 4 heteroatoms. The molecule has 0 radical (unpaired) electrons. The first-order chi connectivity index (χ1) is 7.08. The molecule has 0 spiro atoms. The third kappa shape index (κ3) is 2.81. The summed E-state index contributed by atoms with van der Waals surface area (Å²) in [6.07, 6.45) is 1.78. The van der Waals surface area contributed by atoms with Gasteiger partial charge in [-0.05, 0) is 18.9 Å². The highest BCUT2D eigenvalue weighted by atomic mass is 16.4. The van der Waals surface area contributed by atoms with Gasteiger partial charge in [0.1, 0.15) is 0 Å². The Morgan fingerprint density at radius 2 is 2.20 bits per heavy atom. The standard InChI is InChI=1S/C11H18N2O2/c1-4-9-6-10(5-2)13(12-9)7-8(3)11(14)15/h6,8H,4-5,7H2,1-3H3,(H,14,15). The van der Waals surface area contributed by atoms with Crippen LogP contribution in [-0.2, 0) is 24.2 Å². The molecule has 0 bridgehead atoms. The average Bonchev–Trinajstić information content (AvgIpc) is 2.60.